The minimum atomic E-state index is -2.53. The molecule has 18 heavy (non-hydrogen) atoms. The van der Waals surface area contributed by atoms with Crippen molar-refractivity contribution in [2.24, 2.45) is 0 Å². The molecule has 0 aliphatic carbocycles. The number of carbonyl (C=O) groups is 1. The van der Waals surface area contributed by atoms with Crippen LogP contribution in [0, 0.1) is 11.3 Å². The zero-order valence-electron chi connectivity index (χ0n) is 9.60. The largest absolute Gasteiger partial charge is 0.377 e. The Balaban J connectivity index is 2.93. The summed E-state index contributed by atoms with van der Waals surface area (Å²) in [5.74, 6) is -3.90. The van der Waals surface area contributed by atoms with Gasteiger partial charge in [-0.3, -0.25) is 4.79 Å². The lowest BCUT2D eigenvalue weighted by Gasteiger charge is -2.09. The van der Waals surface area contributed by atoms with Gasteiger partial charge >= 0.3 is 0 Å². The van der Waals surface area contributed by atoms with Crippen molar-refractivity contribution >= 4 is 17.5 Å². The third kappa shape index (κ3) is 4.09. The number of hydrogen-bond donors (Lipinski definition) is 0. The second kappa shape index (κ2) is 7.09. The molecule has 0 radical (unpaired) electrons. The SMILES string of the molecule is COCC(=O)C(C#N)c1cccc(SC(F)F)c1. The molecule has 6 heteroatoms. The van der Waals surface area contributed by atoms with Crippen LogP contribution in [0.15, 0.2) is 29.2 Å². The molecule has 3 nitrogen and oxygen atoms in total. The molecule has 96 valence electrons. The highest BCUT2D eigenvalue weighted by atomic mass is 32.2. The van der Waals surface area contributed by atoms with Crippen molar-refractivity contribution in [3.05, 3.63) is 29.8 Å². The van der Waals surface area contributed by atoms with Gasteiger partial charge in [-0.2, -0.15) is 14.0 Å². The summed E-state index contributed by atoms with van der Waals surface area (Å²) in [5, 5.41) is 8.97. The number of methoxy groups -OCH3 is 1. The number of halogens is 2. The van der Waals surface area contributed by atoms with Gasteiger partial charge in [0, 0.05) is 12.0 Å². The number of benzene rings is 1. The second-order valence-corrected chi connectivity index (χ2v) is 4.48. The van der Waals surface area contributed by atoms with Gasteiger partial charge in [-0.05, 0) is 17.7 Å². The fourth-order valence-corrected chi connectivity index (χ4v) is 2.00. The highest BCUT2D eigenvalue weighted by molar-refractivity contribution is 7.99. The molecule has 0 spiro atoms. The molecule has 1 aromatic rings. The van der Waals surface area contributed by atoms with Crippen molar-refractivity contribution in [3.63, 3.8) is 0 Å². The molecule has 0 aliphatic rings. The highest BCUT2D eigenvalue weighted by Gasteiger charge is 2.20. The first kappa shape index (κ1) is 14.6. The molecule has 1 atom stereocenters. The van der Waals surface area contributed by atoms with E-state index in [0.29, 0.717) is 22.2 Å². The van der Waals surface area contributed by atoms with Crippen LogP contribution in [0.25, 0.3) is 0 Å². The summed E-state index contributed by atoms with van der Waals surface area (Å²) in [6.07, 6.45) is 0. The van der Waals surface area contributed by atoms with E-state index in [1.54, 1.807) is 12.1 Å². The molecule has 0 N–H and O–H groups in total. The molecule has 0 fully saturated rings. The summed E-state index contributed by atoms with van der Waals surface area (Å²) in [5.41, 5.74) is 0.408. The number of ketones is 1. The molecule has 0 bridgehead atoms. The van der Waals surface area contributed by atoms with Gasteiger partial charge in [-0.25, -0.2) is 0 Å². The Morgan fingerprint density at radius 1 is 1.56 bits per heavy atom. The van der Waals surface area contributed by atoms with E-state index in [1.807, 2.05) is 6.07 Å². The molecule has 0 aromatic heterocycles. The number of Topliss-reactive ketones (excluding diaryl/α,β-unsaturated/α-hetero) is 1. The smallest absolute Gasteiger partial charge is 0.288 e. The molecule has 1 rings (SSSR count). The standard InChI is InChI=1S/C12H11F2NO2S/c1-17-7-11(16)10(6-15)8-3-2-4-9(5-8)18-12(13)14/h2-5,10,12H,7H2,1H3. The maximum absolute atomic E-state index is 12.2. The van der Waals surface area contributed by atoms with Gasteiger partial charge in [-0.1, -0.05) is 23.9 Å². The number of nitriles is 1. The Hall–Kier alpha value is -1.45. The lowest BCUT2D eigenvalue weighted by molar-refractivity contribution is -0.122. The minimum absolute atomic E-state index is 0.176. The summed E-state index contributed by atoms with van der Waals surface area (Å²) in [6, 6.07) is 7.91. The van der Waals surface area contributed by atoms with Crippen LogP contribution in [0.2, 0.25) is 0 Å². The van der Waals surface area contributed by atoms with E-state index in [2.05, 4.69) is 4.74 Å². The van der Waals surface area contributed by atoms with E-state index in [0.717, 1.165) is 0 Å². The van der Waals surface area contributed by atoms with Gasteiger partial charge in [-0.15, -0.1) is 0 Å². The first-order valence-electron chi connectivity index (χ1n) is 5.04. The third-order valence-corrected chi connectivity index (χ3v) is 2.86. The van der Waals surface area contributed by atoms with Crippen molar-refractivity contribution in [2.45, 2.75) is 16.6 Å². The van der Waals surface area contributed by atoms with Crippen molar-refractivity contribution in [3.8, 4) is 6.07 Å². The van der Waals surface area contributed by atoms with Gasteiger partial charge in [0.2, 0.25) is 0 Å². The Morgan fingerprint density at radius 3 is 2.83 bits per heavy atom. The van der Waals surface area contributed by atoms with Crippen LogP contribution in [-0.4, -0.2) is 25.3 Å². The van der Waals surface area contributed by atoms with E-state index in [-0.39, 0.29) is 12.4 Å². The van der Waals surface area contributed by atoms with Crippen molar-refractivity contribution in [1.29, 1.82) is 5.26 Å². The van der Waals surface area contributed by atoms with E-state index in [4.69, 9.17) is 5.26 Å². The Kier molecular flexibility index (Phi) is 5.75. The van der Waals surface area contributed by atoms with Crippen molar-refractivity contribution in [1.82, 2.24) is 0 Å². The van der Waals surface area contributed by atoms with Gasteiger partial charge in [0.25, 0.3) is 5.76 Å². The fraction of sp³-hybridized carbons (Fsp3) is 0.333. The molecular formula is C12H11F2NO2S. The summed E-state index contributed by atoms with van der Waals surface area (Å²) in [6.45, 7) is -0.176. The third-order valence-electron chi connectivity index (χ3n) is 2.15. The Morgan fingerprint density at radius 2 is 2.28 bits per heavy atom. The Bertz CT molecular complexity index is 460. The van der Waals surface area contributed by atoms with Crippen LogP contribution in [0.3, 0.4) is 0 Å². The lowest BCUT2D eigenvalue weighted by atomic mass is 9.97. The second-order valence-electron chi connectivity index (χ2n) is 3.41. The number of ether oxygens (including phenoxy) is 1. The number of nitrogens with zero attached hydrogens (tertiary/aromatic N) is 1. The van der Waals surface area contributed by atoms with E-state index < -0.39 is 11.7 Å². The number of carbonyl (C=O) groups excluding carboxylic acids is 1. The lowest BCUT2D eigenvalue weighted by Crippen LogP contribution is -2.16. The molecule has 1 aromatic carbocycles. The van der Waals surface area contributed by atoms with Gasteiger partial charge < -0.3 is 4.74 Å². The highest BCUT2D eigenvalue weighted by Crippen LogP contribution is 2.28. The molecule has 0 aliphatic heterocycles. The minimum Gasteiger partial charge on any atom is -0.377 e. The van der Waals surface area contributed by atoms with Crippen LogP contribution in [0.5, 0.6) is 0 Å². The van der Waals surface area contributed by atoms with E-state index in [1.165, 1.54) is 19.2 Å². The topological polar surface area (TPSA) is 50.1 Å². The summed E-state index contributed by atoms with van der Waals surface area (Å²) in [7, 11) is 1.36. The first-order chi connectivity index (χ1) is 8.58. The molecule has 1 unspecified atom stereocenters. The monoisotopic (exact) mass is 271 g/mol. The molecule has 0 saturated heterocycles. The zero-order valence-corrected chi connectivity index (χ0v) is 10.4. The van der Waals surface area contributed by atoms with E-state index in [9.17, 15) is 13.6 Å². The van der Waals surface area contributed by atoms with Gasteiger partial charge in [0.05, 0.1) is 6.07 Å². The molecule has 0 amide bonds. The van der Waals surface area contributed by atoms with Crippen LogP contribution in [0.4, 0.5) is 8.78 Å². The first-order valence-corrected chi connectivity index (χ1v) is 5.92. The van der Waals surface area contributed by atoms with Crippen LogP contribution >= 0.6 is 11.8 Å². The quantitative estimate of drug-likeness (QED) is 0.746. The van der Waals surface area contributed by atoms with E-state index >= 15 is 0 Å². The Labute approximate surface area is 108 Å². The van der Waals surface area contributed by atoms with Crippen LogP contribution in [-0.2, 0) is 9.53 Å². The number of hydrogen-bond acceptors (Lipinski definition) is 4. The number of alkyl halides is 2. The number of rotatable bonds is 6. The number of thioether (sulfide) groups is 1. The van der Waals surface area contributed by atoms with Crippen molar-refractivity contribution in [2.75, 3.05) is 13.7 Å². The average molecular weight is 271 g/mol. The normalized spacial score (nSPS) is 12.2. The van der Waals surface area contributed by atoms with Gasteiger partial charge in [0.15, 0.2) is 5.78 Å². The van der Waals surface area contributed by atoms with Crippen LogP contribution < -0.4 is 0 Å². The maximum atomic E-state index is 12.2. The fourth-order valence-electron chi connectivity index (χ4n) is 1.43. The zero-order chi connectivity index (χ0) is 13.5. The summed E-state index contributed by atoms with van der Waals surface area (Å²) in [4.78, 5) is 11.9. The van der Waals surface area contributed by atoms with Gasteiger partial charge in [0.1, 0.15) is 12.5 Å². The van der Waals surface area contributed by atoms with Crippen molar-refractivity contribution < 1.29 is 18.3 Å². The molecule has 0 heterocycles. The predicted octanol–water partition coefficient (Wildman–Crippen LogP) is 2.82. The summed E-state index contributed by atoms with van der Waals surface area (Å²) >= 11 is 0.380. The summed E-state index contributed by atoms with van der Waals surface area (Å²) < 4.78 is 29.1. The average Bonchev–Trinajstić information content (AvgIpc) is 2.30. The molecular weight excluding hydrogens is 260 g/mol. The maximum Gasteiger partial charge on any atom is 0.288 e. The molecule has 0 saturated carbocycles. The van der Waals surface area contributed by atoms with Crippen LogP contribution in [0.1, 0.15) is 11.5 Å². The predicted molar refractivity (Wildman–Crippen MR) is 63.5 cm³/mol.